The topological polar surface area (TPSA) is 86.8 Å². The van der Waals surface area contributed by atoms with Crippen molar-refractivity contribution in [1.29, 1.82) is 0 Å². The Labute approximate surface area is 187 Å². The van der Waals surface area contributed by atoms with E-state index in [0.717, 1.165) is 12.0 Å². The van der Waals surface area contributed by atoms with Crippen LogP contribution in [0.1, 0.15) is 31.2 Å². The summed E-state index contributed by atoms with van der Waals surface area (Å²) in [4.78, 5) is 26.7. The summed E-state index contributed by atoms with van der Waals surface area (Å²) in [6.07, 6.45) is 2.35. The summed E-state index contributed by atoms with van der Waals surface area (Å²) in [7, 11) is -3.77. The second-order valence-electron chi connectivity index (χ2n) is 7.89. The normalized spacial score (nSPS) is 19.7. The van der Waals surface area contributed by atoms with Crippen LogP contribution in [0, 0.1) is 6.92 Å². The molecule has 164 valence electrons. The van der Waals surface area contributed by atoms with Crippen LogP contribution in [0.2, 0.25) is 5.02 Å². The number of amides is 2. The van der Waals surface area contributed by atoms with Crippen molar-refractivity contribution in [3.8, 4) is 0 Å². The number of carbonyl (C=O) groups excluding carboxylic acids is 2. The van der Waals surface area contributed by atoms with E-state index in [-0.39, 0.29) is 10.8 Å². The van der Waals surface area contributed by atoms with Crippen molar-refractivity contribution in [3.05, 3.63) is 53.1 Å². The lowest BCUT2D eigenvalue weighted by Crippen LogP contribution is -2.43. The molecule has 2 saturated heterocycles. The molecule has 2 aromatic carbocycles. The monoisotopic (exact) mass is 461 g/mol. The first kappa shape index (κ1) is 21.8. The van der Waals surface area contributed by atoms with E-state index in [4.69, 9.17) is 11.6 Å². The van der Waals surface area contributed by atoms with Crippen LogP contribution >= 0.6 is 11.6 Å². The number of carbonyl (C=O) groups is 2. The van der Waals surface area contributed by atoms with Gasteiger partial charge in [0, 0.05) is 25.2 Å². The minimum absolute atomic E-state index is 0.0293. The maximum atomic E-state index is 13.1. The predicted molar refractivity (Wildman–Crippen MR) is 120 cm³/mol. The fraction of sp³-hybridized carbons (Fsp3) is 0.364. The van der Waals surface area contributed by atoms with Gasteiger partial charge in [0.25, 0.3) is 0 Å². The molecule has 0 bridgehead atoms. The third-order valence-electron chi connectivity index (χ3n) is 5.71. The highest BCUT2D eigenvalue weighted by atomic mass is 35.5. The zero-order valence-electron chi connectivity index (χ0n) is 17.2. The molecular weight excluding hydrogens is 438 g/mol. The van der Waals surface area contributed by atoms with Crippen LogP contribution in [0.3, 0.4) is 0 Å². The van der Waals surface area contributed by atoms with Crippen molar-refractivity contribution < 1.29 is 18.0 Å². The van der Waals surface area contributed by atoms with Gasteiger partial charge in [-0.25, -0.2) is 8.42 Å². The summed E-state index contributed by atoms with van der Waals surface area (Å²) in [6, 6.07) is 10.8. The lowest BCUT2D eigenvalue weighted by molar-refractivity contribution is -0.119. The first-order valence-corrected chi connectivity index (χ1v) is 12.1. The fourth-order valence-corrected chi connectivity index (χ4v) is 6.01. The number of anilines is 2. The standard InChI is InChI=1S/C22H24ClN3O4S/c1-15-6-9-17(10-7-15)31(29,30)26-13-2-4-20(26)22(28)24-16-8-11-19(18(23)14-16)25-12-3-5-21(25)27/h6-11,14,20H,2-5,12-13H2,1H3,(H,24,28). The molecule has 2 amide bonds. The van der Waals surface area contributed by atoms with Gasteiger partial charge in [0.05, 0.1) is 15.6 Å². The van der Waals surface area contributed by atoms with E-state index in [1.54, 1.807) is 47.4 Å². The molecule has 0 aromatic heterocycles. The maximum absolute atomic E-state index is 13.1. The molecule has 0 radical (unpaired) electrons. The van der Waals surface area contributed by atoms with Crippen LogP contribution in [0.4, 0.5) is 11.4 Å². The number of hydrogen-bond donors (Lipinski definition) is 1. The Hall–Kier alpha value is -2.42. The molecule has 1 N–H and O–H groups in total. The number of hydrogen-bond acceptors (Lipinski definition) is 4. The predicted octanol–water partition coefficient (Wildman–Crippen LogP) is 3.57. The van der Waals surface area contributed by atoms with Gasteiger partial charge in [-0.2, -0.15) is 4.31 Å². The second kappa shape index (κ2) is 8.61. The first-order chi connectivity index (χ1) is 14.8. The Kier molecular flexibility index (Phi) is 6.05. The Bertz CT molecular complexity index is 1120. The van der Waals surface area contributed by atoms with Gasteiger partial charge in [-0.05, 0) is 56.5 Å². The average Bonchev–Trinajstić information content (AvgIpc) is 3.38. The lowest BCUT2D eigenvalue weighted by atomic mass is 10.2. The number of sulfonamides is 1. The number of nitrogens with one attached hydrogen (secondary N) is 1. The molecule has 0 spiro atoms. The van der Waals surface area contributed by atoms with Gasteiger partial charge in [-0.3, -0.25) is 9.59 Å². The summed E-state index contributed by atoms with van der Waals surface area (Å²) in [5, 5.41) is 3.15. The number of rotatable bonds is 5. The van der Waals surface area contributed by atoms with Crippen LogP contribution in [0.5, 0.6) is 0 Å². The first-order valence-electron chi connectivity index (χ1n) is 10.3. The molecule has 2 fully saturated rings. The number of aryl methyl sites for hydroxylation is 1. The van der Waals surface area contributed by atoms with Crippen molar-refractivity contribution >= 4 is 44.8 Å². The van der Waals surface area contributed by atoms with Gasteiger partial charge in [0.1, 0.15) is 6.04 Å². The Morgan fingerprint density at radius 1 is 1.10 bits per heavy atom. The van der Waals surface area contributed by atoms with Crippen LogP contribution < -0.4 is 10.2 Å². The van der Waals surface area contributed by atoms with Crippen molar-refractivity contribution in [1.82, 2.24) is 4.31 Å². The molecule has 9 heteroatoms. The van der Waals surface area contributed by atoms with E-state index >= 15 is 0 Å². The third-order valence-corrected chi connectivity index (χ3v) is 7.94. The molecule has 31 heavy (non-hydrogen) atoms. The van der Waals surface area contributed by atoms with E-state index in [2.05, 4.69) is 5.32 Å². The summed E-state index contributed by atoms with van der Waals surface area (Å²) >= 11 is 6.36. The molecule has 0 saturated carbocycles. The van der Waals surface area contributed by atoms with Crippen LogP contribution in [-0.2, 0) is 19.6 Å². The van der Waals surface area contributed by atoms with Gasteiger partial charge < -0.3 is 10.2 Å². The van der Waals surface area contributed by atoms with Gasteiger partial charge in [0.15, 0.2) is 0 Å². The molecule has 2 aliphatic heterocycles. The Morgan fingerprint density at radius 3 is 2.48 bits per heavy atom. The van der Waals surface area contributed by atoms with Crippen molar-refractivity contribution in [2.75, 3.05) is 23.3 Å². The minimum Gasteiger partial charge on any atom is -0.325 e. The van der Waals surface area contributed by atoms with Gasteiger partial charge >= 0.3 is 0 Å². The Balaban J connectivity index is 1.51. The molecular formula is C22H24ClN3O4S. The van der Waals surface area contributed by atoms with Crippen LogP contribution in [0.25, 0.3) is 0 Å². The maximum Gasteiger partial charge on any atom is 0.243 e. The van der Waals surface area contributed by atoms with Crippen LogP contribution in [-0.4, -0.2) is 43.7 Å². The molecule has 4 rings (SSSR count). The Morgan fingerprint density at radius 2 is 1.84 bits per heavy atom. The second-order valence-corrected chi connectivity index (χ2v) is 10.2. The van der Waals surface area contributed by atoms with Gasteiger partial charge in [-0.1, -0.05) is 29.3 Å². The average molecular weight is 462 g/mol. The van der Waals surface area contributed by atoms with Crippen molar-refractivity contribution in [2.24, 2.45) is 0 Å². The van der Waals surface area contributed by atoms with E-state index in [0.29, 0.717) is 48.7 Å². The number of halogens is 1. The third kappa shape index (κ3) is 4.33. The largest absolute Gasteiger partial charge is 0.325 e. The highest BCUT2D eigenvalue weighted by molar-refractivity contribution is 7.89. The quantitative estimate of drug-likeness (QED) is 0.737. The summed E-state index contributed by atoms with van der Waals surface area (Å²) in [5.74, 6) is -0.365. The van der Waals surface area contributed by atoms with Gasteiger partial charge in [0.2, 0.25) is 21.8 Å². The molecule has 0 aliphatic carbocycles. The summed E-state index contributed by atoms with van der Waals surface area (Å²) in [5.41, 5.74) is 2.04. The highest BCUT2D eigenvalue weighted by Gasteiger charge is 2.39. The molecule has 1 unspecified atom stereocenters. The zero-order chi connectivity index (χ0) is 22.2. The highest BCUT2D eigenvalue weighted by Crippen LogP contribution is 2.32. The smallest absolute Gasteiger partial charge is 0.243 e. The fourth-order valence-electron chi connectivity index (χ4n) is 4.07. The van der Waals surface area contributed by atoms with E-state index in [9.17, 15) is 18.0 Å². The molecule has 7 nitrogen and oxygen atoms in total. The minimum atomic E-state index is -3.77. The number of nitrogens with zero attached hydrogens (tertiary/aromatic N) is 2. The van der Waals surface area contributed by atoms with E-state index in [1.165, 1.54) is 4.31 Å². The molecule has 2 aliphatic rings. The molecule has 1 atom stereocenters. The molecule has 2 heterocycles. The van der Waals surface area contributed by atoms with Gasteiger partial charge in [-0.15, -0.1) is 0 Å². The van der Waals surface area contributed by atoms with Crippen LogP contribution in [0.15, 0.2) is 47.4 Å². The van der Waals surface area contributed by atoms with E-state index in [1.807, 2.05) is 6.92 Å². The zero-order valence-corrected chi connectivity index (χ0v) is 18.7. The summed E-state index contributed by atoms with van der Waals surface area (Å²) < 4.78 is 27.4. The lowest BCUT2D eigenvalue weighted by Gasteiger charge is -2.24. The summed E-state index contributed by atoms with van der Waals surface area (Å²) in [6.45, 7) is 2.81. The van der Waals surface area contributed by atoms with E-state index < -0.39 is 22.0 Å². The SMILES string of the molecule is Cc1ccc(S(=O)(=O)N2CCCC2C(=O)Nc2ccc(N3CCCC3=O)c(Cl)c2)cc1. The van der Waals surface area contributed by atoms with Crippen molar-refractivity contribution in [3.63, 3.8) is 0 Å². The van der Waals surface area contributed by atoms with Crippen molar-refractivity contribution in [2.45, 2.75) is 43.5 Å². The number of benzene rings is 2. The molecule has 2 aromatic rings.